The van der Waals surface area contributed by atoms with E-state index in [1.54, 1.807) is 12.1 Å². The summed E-state index contributed by atoms with van der Waals surface area (Å²) in [4.78, 5) is 120. The Kier molecular flexibility index (Phi) is 7.96. The van der Waals surface area contributed by atoms with Crippen molar-refractivity contribution in [2.45, 2.75) is 78.6 Å². The first kappa shape index (κ1) is 39.3. The number of rotatable bonds is 0. The van der Waals surface area contributed by atoms with E-state index in [2.05, 4.69) is 0 Å². The van der Waals surface area contributed by atoms with Crippen LogP contribution in [-0.4, -0.2) is 66.9 Å². The number of benzene rings is 6. The first-order valence-electron chi connectivity index (χ1n) is 21.2. The van der Waals surface area contributed by atoms with E-state index in [1.807, 2.05) is 65.8 Å². The maximum atomic E-state index is 14.4. The van der Waals surface area contributed by atoms with E-state index in [0.717, 1.165) is 30.7 Å². The monoisotopic (exact) mass is 848 g/mol. The number of carbonyl (C=O) groups excluding carboxylic acids is 8. The van der Waals surface area contributed by atoms with Gasteiger partial charge in [0.15, 0.2) is 0 Å². The van der Waals surface area contributed by atoms with Gasteiger partial charge in [-0.3, -0.25) is 58.0 Å². The van der Waals surface area contributed by atoms with Gasteiger partial charge in [0.25, 0.3) is 47.3 Å². The molecule has 21 rings (SSSR count). The Balaban J connectivity index is 1.12. The molecule has 0 saturated heterocycles. The maximum absolute atomic E-state index is 14.4. The summed E-state index contributed by atoms with van der Waals surface area (Å²) >= 11 is 0. The summed E-state index contributed by atoms with van der Waals surface area (Å²) < 4.78 is 0. The van der Waals surface area contributed by atoms with Crippen molar-refractivity contribution in [3.05, 3.63) is 163 Å². The lowest BCUT2D eigenvalue weighted by Crippen LogP contribution is -2.43. The number of hydrogen-bond acceptors (Lipinski definition) is 8. The SMILES string of the molecule is CC(C)(C)c1cc2cc(c1)CN1C(=O)c3ccc4c5c(ccc(c35)C1=O)C(=O)N(Cc1cc(cc(C(C)(C)C)c1)CN1C(=O)c3ccc5c6c(ccc(c36)C1=O)C(=O)N(C2)C5=O)C4=O. The van der Waals surface area contributed by atoms with Crippen LogP contribution in [0.5, 0.6) is 0 Å². The zero-order valence-corrected chi connectivity index (χ0v) is 36.0. The highest BCUT2D eigenvalue weighted by Crippen LogP contribution is 2.42. The molecular formula is C52H40N4O8. The third kappa shape index (κ3) is 5.47. The average molecular weight is 849 g/mol. The van der Waals surface area contributed by atoms with Gasteiger partial charge in [0, 0.05) is 66.1 Å². The summed E-state index contributed by atoms with van der Waals surface area (Å²) in [6, 6.07) is 23.4. The molecule has 6 aromatic carbocycles. The standard InChI is InChI=1S/C52H40N4O8/c1-51(2,3)29-17-25-15-26(18-29)22-54-45(59)33-9-13-37-42-38(14-10-34(40(33)42)46(54)60)50(64)56(49(37)63)24-28-16-27(19-30(20-28)52(4,5)6)23-55-47(61)35-11-7-31-39-32(44(58)53(21-25)43(31)57)8-12-36(41(35)39)48(55)62/h7-20H,21-24H2,1-6H3. The smallest absolute Gasteiger partial charge is 0.261 e. The molecule has 0 aliphatic carbocycles. The highest BCUT2D eigenvalue weighted by atomic mass is 16.2. The molecule has 0 saturated carbocycles. The van der Waals surface area contributed by atoms with Crippen molar-refractivity contribution in [3.8, 4) is 0 Å². The Morgan fingerprint density at radius 3 is 0.625 bits per heavy atom. The van der Waals surface area contributed by atoms with Crippen molar-refractivity contribution >= 4 is 68.8 Å². The molecule has 15 aliphatic heterocycles. The first-order valence-corrected chi connectivity index (χ1v) is 21.2. The van der Waals surface area contributed by atoms with E-state index in [1.165, 1.54) is 48.5 Å². The summed E-state index contributed by atoms with van der Waals surface area (Å²) in [5.41, 5.74) is 4.58. The van der Waals surface area contributed by atoms with Crippen LogP contribution in [0.2, 0.25) is 0 Å². The predicted octanol–water partition coefficient (Wildman–Crippen LogP) is 8.09. The molecule has 8 amide bonds. The molecule has 316 valence electrons. The molecule has 0 fully saturated rings. The quantitative estimate of drug-likeness (QED) is 0.139. The molecule has 0 unspecified atom stereocenters. The zero-order valence-electron chi connectivity index (χ0n) is 36.0. The molecule has 0 atom stereocenters. The van der Waals surface area contributed by atoms with Crippen LogP contribution in [0.25, 0.3) is 21.5 Å². The third-order valence-electron chi connectivity index (χ3n) is 13.3. The molecule has 12 heteroatoms. The molecule has 0 radical (unpaired) electrons. The van der Waals surface area contributed by atoms with Gasteiger partial charge in [0.1, 0.15) is 0 Å². The van der Waals surface area contributed by atoms with Gasteiger partial charge >= 0.3 is 0 Å². The van der Waals surface area contributed by atoms with E-state index in [0.29, 0.717) is 22.3 Å². The Morgan fingerprint density at radius 1 is 0.297 bits per heavy atom. The van der Waals surface area contributed by atoms with Gasteiger partial charge in [-0.25, -0.2) is 0 Å². The van der Waals surface area contributed by atoms with E-state index in [-0.39, 0.29) is 92.2 Å². The van der Waals surface area contributed by atoms with Crippen molar-refractivity contribution in [3.63, 3.8) is 0 Å². The van der Waals surface area contributed by atoms with Crippen LogP contribution in [0.1, 0.15) is 158 Å². The van der Waals surface area contributed by atoms with Crippen LogP contribution in [0.3, 0.4) is 0 Å². The first-order chi connectivity index (χ1) is 30.3. The minimum absolute atomic E-state index is 0.144. The number of hydrogen-bond donors (Lipinski definition) is 0. The Morgan fingerprint density at radius 2 is 0.469 bits per heavy atom. The molecular weight excluding hydrogens is 809 g/mol. The Bertz CT molecular complexity index is 2770. The van der Waals surface area contributed by atoms with Crippen LogP contribution >= 0.6 is 0 Å². The number of nitrogens with zero attached hydrogens (tertiary/aromatic N) is 4. The topological polar surface area (TPSA) is 150 Å². The largest absolute Gasteiger partial charge is 0.270 e. The van der Waals surface area contributed by atoms with Gasteiger partial charge in [0.05, 0.1) is 26.2 Å². The normalized spacial score (nSPS) is 17.1. The molecule has 20 bridgehead atoms. The van der Waals surface area contributed by atoms with Crippen LogP contribution in [0, 0.1) is 0 Å². The van der Waals surface area contributed by atoms with E-state index >= 15 is 0 Å². The Hall–Kier alpha value is -7.60. The van der Waals surface area contributed by atoms with Crippen molar-refractivity contribution in [1.29, 1.82) is 0 Å². The minimum Gasteiger partial charge on any atom is -0.270 e. The fraction of sp³-hybridized carbons (Fsp3) is 0.231. The minimum atomic E-state index is -0.587. The second-order valence-electron chi connectivity index (χ2n) is 19.5. The number of amides is 8. The Labute approximate surface area is 367 Å². The van der Waals surface area contributed by atoms with Gasteiger partial charge in [-0.1, -0.05) is 77.9 Å². The lowest BCUT2D eigenvalue weighted by atomic mass is 9.83. The molecule has 0 aromatic heterocycles. The molecule has 0 spiro atoms. The average Bonchev–Trinajstić information content (AvgIpc) is 3.25. The van der Waals surface area contributed by atoms with Crippen molar-refractivity contribution < 1.29 is 38.4 Å². The molecule has 15 heterocycles. The van der Waals surface area contributed by atoms with Gasteiger partial charge in [-0.05, 0) is 92.7 Å². The number of carbonyl (C=O) groups is 8. The molecule has 15 aliphatic rings. The predicted molar refractivity (Wildman–Crippen MR) is 235 cm³/mol. The van der Waals surface area contributed by atoms with Crippen LogP contribution < -0.4 is 0 Å². The van der Waals surface area contributed by atoms with E-state index < -0.39 is 58.1 Å². The van der Waals surface area contributed by atoms with Crippen molar-refractivity contribution in [2.75, 3.05) is 0 Å². The summed E-state index contributed by atoms with van der Waals surface area (Å²) in [5, 5.41) is 0.990. The van der Waals surface area contributed by atoms with Crippen molar-refractivity contribution in [1.82, 2.24) is 19.6 Å². The highest BCUT2D eigenvalue weighted by Gasteiger charge is 2.42. The van der Waals surface area contributed by atoms with E-state index in [4.69, 9.17) is 0 Å². The lowest BCUT2D eigenvalue weighted by molar-refractivity contribution is 0.0574. The molecule has 6 aromatic rings. The van der Waals surface area contributed by atoms with Crippen LogP contribution in [0.15, 0.2) is 84.9 Å². The van der Waals surface area contributed by atoms with E-state index in [9.17, 15) is 38.4 Å². The van der Waals surface area contributed by atoms with Crippen molar-refractivity contribution in [2.24, 2.45) is 0 Å². The van der Waals surface area contributed by atoms with Gasteiger partial charge in [0.2, 0.25) is 0 Å². The fourth-order valence-electron chi connectivity index (χ4n) is 10.0. The number of imide groups is 4. The maximum Gasteiger partial charge on any atom is 0.261 e. The lowest BCUT2D eigenvalue weighted by Gasteiger charge is -2.33. The summed E-state index contributed by atoms with van der Waals surface area (Å²) in [6.07, 6.45) is 0. The summed E-state index contributed by atoms with van der Waals surface area (Å²) in [7, 11) is 0. The fourth-order valence-corrected chi connectivity index (χ4v) is 10.0. The van der Waals surface area contributed by atoms with Gasteiger partial charge in [-0.15, -0.1) is 0 Å². The van der Waals surface area contributed by atoms with Gasteiger partial charge in [-0.2, -0.15) is 0 Å². The second-order valence-corrected chi connectivity index (χ2v) is 19.5. The summed E-state index contributed by atoms with van der Waals surface area (Å²) in [6.45, 7) is 11.5. The molecule has 64 heavy (non-hydrogen) atoms. The second kappa shape index (κ2) is 13.0. The molecule has 0 N–H and O–H groups in total. The van der Waals surface area contributed by atoms with Gasteiger partial charge < -0.3 is 0 Å². The highest BCUT2D eigenvalue weighted by molar-refractivity contribution is 6.34. The third-order valence-corrected chi connectivity index (χ3v) is 13.3. The van der Waals surface area contributed by atoms with Crippen LogP contribution in [0.4, 0.5) is 0 Å². The molecule has 12 nitrogen and oxygen atoms in total. The van der Waals surface area contributed by atoms with Crippen LogP contribution in [-0.2, 0) is 37.0 Å². The summed E-state index contributed by atoms with van der Waals surface area (Å²) in [5.74, 6) is -4.69. The zero-order chi connectivity index (χ0) is 45.0.